The summed E-state index contributed by atoms with van der Waals surface area (Å²) in [5.74, 6) is -1.91. The van der Waals surface area contributed by atoms with Gasteiger partial charge in [0.1, 0.15) is 17.5 Å². The Kier molecular flexibility index (Phi) is 5.67. The fourth-order valence-corrected chi connectivity index (χ4v) is 4.76. The molecule has 0 bridgehead atoms. The van der Waals surface area contributed by atoms with Crippen LogP contribution in [0.1, 0.15) is 18.5 Å². The molecule has 0 aliphatic heterocycles. The van der Waals surface area contributed by atoms with Crippen molar-refractivity contribution in [3.8, 4) is 0 Å². The van der Waals surface area contributed by atoms with Gasteiger partial charge in [-0.05, 0) is 55.5 Å². The molecule has 3 nitrogen and oxygen atoms in total. The number of hydrogen-bond acceptors (Lipinski definition) is 2. The van der Waals surface area contributed by atoms with Crippen LogP contribution in [-0.4, -0.2) is 8.42 Å². The van der Waals surface area contributed by atoms with E-state index in [1.54, 1.807) is 6.07 Å². The summed E-state index contributed by atoms with van der Waals surface area (Å²) in [6, 6.07) is 12.5. The second-order valence-corrected chi connectivity index (χ2v) is 8.27. The molecule has 28 heavy (non-hydrogen) atoms. The summed E-state index contributed by atoms with van der Waals surface area (Å²) < 4.78 is 68.8. The highest BCUT2D eigenvalue weighted by atomic mass is 35.5. The number of nitrogens with zero attached hydrogens (tertiary/aromatic N) is 1. The van der Waals surface area contributed by atoms with E-state index in [-0.39, 0.29) is 21.2 Å². The minimum absolute atomic E-state index is 0.123. The first-order valence-corrected chi connectivity index (χ1v) is 10.0. The van der Waals surface area contributed by atoms with Gasteiger partial charge in [-0.1, -0.05) is 29.8 Å². The van der Waals surface area contributed by atoms with Gasteiger partial charge < -0.3 is 0 Å². The second kappa shape index (κ2) is 7.85. The van der Waals surface area contributed by atoms with Crippen LogP contribution in [0, 0.1) is 17.5 Å². The molecule has 3 aromatic rings. The lowest BCUT2D eigenvalue weighted by atomic mass is 10.1. The molecule has 0 saturated carbocycles. The SMILES string of the molecule is C[C@H](c1ccccc1F)N(c1ccc(F)cc1)S(=O)(=O)c1ccc(F)c(Cl)c1. The van der Waals surface area contributed by atoms with Crippen molar-refractivity contribution in [3.05, 3.63) is 94.8 Å². The van der Waals surface area contributed by atoms with Crippen molar-refractivity contribution in [1.82, 2.24) is 0 Å². The molecule has 0 N–H and O–H groups in total. The quantitative estimate of drug-likeness (QED) is 0.524. The maximum Gasteiger partial charge on any atom is 0.264 e. The van der Waals surface area contributed by atoms with Gasteiger partial charge in [0.05, 0.1) is 21.6 Å². The summed E-state index contributed by atoms with van der Waals surface area (Å²) in [5.41, 5.74) is 0.251. The number of rotatable bonds is 5. The Morgan fingerprint density at radius 1 is 0.893 bits per heavy atom. The summed E-state index contributed by atoms with van der Waals surface area (Å²) >= 11 is 5.75. The van der Waals surface area contributed by atoms with E-state index in [9.17, 15) is 21.6 Å². The first-order valence-electron chi connectivity index (χ1n) is 8.21. The molecule has 0 aliphatic rings. The van der Waals surface area contributed by atoms with Gasteiger partial charge in [0.25, 0.3) is 10.0 Å². The van der Waals surface area contributed by atoms with Gasteiger partial charge in [0.2, 0.25) is 0 Å². The molecule has 8 heteroatoms. The lowest BCUT2D eigenvalue weighted by Gasteiger charge is -2.31. The van der Waals surface area contributed by atoms with Crippen LogP contribution in [0.4, 0.5) is 18.9 Å². The predicted octanol–water partition coefficient (Wildman–Crippen LogP) is 5.71. The molecule has 0 heterocycles. The lowest BCUT2D eigenvalue weighted by Crippen LogP contribution is -2.34. The molecular formula is C20H15ClF3NO2S. The summed E-state index contributed by atoms with van der Waals surface area (Å²) in [6.45, 7) is 1.50. The Bertz CT molecular complexity index is 1100. The van der Waals surface area contributed by atoms with E-state index in [0.717, 1.165) is 34.6 Å². The summed E-state index contributed by atoms with van der Waals surface area (Å²) in [4.78, 5) is -0.272. The van der Waals surface area contributed by atoms with Crippen molar-refractivity contribution in [1.29, 1.82) is 0 Å². The molecule has 0 aliphatic carbocycles. The maximum absolute atomic E-state index is 14.3. The molecule has 0 unspecified atom stereocenters. The van der Waals surface area contributed by atoms with E-state index in [2.05, 4.69) is 0 Å². The Labute approximate surface area is 166 Å². The fraction of sp³-hybridized carbons (Fsp3) is 0.100. The van der Waals surface area contributed by atoms with Gasteiger partial charge >= 0.3 is 0 Å². The first-order chi connectivity index (χ1) is 13.2. The first kappa shape index (κ1) is 20.2. The van der Waals surface area contributed by atoms with Crippen LogP contribution in [-0.2, 0) is 10.0 Å². The highest BCUT2D eigenvalue weighted by molar-refractivity contribution is 7.92. The Hall–Kier alpha value is -2.51. The maximum atomic E-state index is 14.3. The molecule has 3 aromatic carbocycles. The van der Waals surface area contributed by atoms with E-state index < -0.39 is 33.5 Å². The van der Waals surface area contributed by atoms with Crippen molar-refractivity contribution in [2.45, 2.75) is 17.9 Å². The van der Waals surface area contributed by atoms with Gasteiger partial charge in [0, 0.05) is 5.56 Å². The van der Waals surface area contributed by atoms with E-state index in [1.165, 1.54) is 37.3 Å². The molecule has 1 atom stereocenters. The molecule has 0 radical (unpaired) electrons. The number of hydrogen-bond donors (Lipinski definition) is 0. The van der Waals surface area contributed by atoms with Crippen LogP contribution in [0.25, 0.3) is 0 Å². The average molecular weight is 426 g/mol. The number of sulfonamides is 1. The minimum atomic E-state index is -4.28. The van der Waals surface area contributed by atoms with Crippen molar-refractivity contribution < 1.29 is 21.6 Å². The van der Waals surface area contributed by atoms with Gasteiger partial charge in [-0.3, -0.25) is 4.31 Å². The van der Waals surface area contributed by atoms with Crippen LogP contribution in [0.3, 0.4) is 0 Å². The van der Waals surface area contributed by atoms with Crippen molar-refractivity contribution in [2.75, 3.05) is 4.31 Å². The smallest absolute Gasteiger partial charge is 0.259 e. The monoisotopic (exact) mass is 425 g/mol. The van der Waals surface area contributed by atoms with Crippen LogP contribution in [0.15, 0.2) is 71.6 Å². The summed E-state index contributed by atoms with van der Waals surface area (Å²) in [7, 11) is -4.28. The number of anilines is 1. The zero-order valence-corrected chi connectivity index (χ0v) is 16.2. The third kappa shape index (κ3) is 3.86. The van der Waals surface area contributed by atoms with Crippen LogP contribution in [0.2, 0.25) is 5.02 Å². The molecule has 0 amide bonds. The van der Waals surface area contributed by atoms with E-state index in [4.69, 9.17) is 11.6 Å². The molecule has 3 rings (SSSR count). The topological polar surface area (TPSA) is 37.4 Å². The standard InChI is InChI=1S/C20H15ClF3NO2S/c1-13(17-4-2-3-5-19(17)23)25(15-8-6-14(22)7-9-15)28(26,27)16-10-11-20(24)18(21)12-16/h2-13H,1H3/t13-/m1/s1. The zero-order chi connectivity index (χ0) is 20.5. The Morgan fingerprint density at radius 3 is 2.14 bits per heavy atom. The fourth-order valence-electron chi connectivity index (χ4n) is 2.85. The third-order valence-electron chi connectivity index (χ3n) is 4.24. The number of benzene rings is 3. The average Bonchev–Trinajstić information content (AvgIpc) is 2.65. The molecule has 0 aromatic heterocycles. The van der Waals surface area contributed by atoms with Gasteiger partial charge in [-0.25, -0.2) is 21.6 Å². The van der Waals surface area contributed by atoms with Crippen LogP contribution in [0.5, 0.6) is 0 Å². The van der Waals surface area contributed by atoms with Crippen molar-refractivity contribution in [3.63, 3.8) is 0 Å². The lowest BCUT2D eigenvalue weighted by molar-refractivity contribution is 0.568. The Balaban J connectivity index is 2.19. The molecule has 0 saturated heterocycles. The Morgan fingerprint density at radius 2 is 1.54 bits per heavy atom. The van der Waals surface area contributed by atoms with Gasteiger partial charge in [0.15, 0.2) is 0 Å². The molecular weight excluding hydrogens is 411 g/mol. The third-order valence-corrected chi connectivity index (χ3v) is 6.42. The molecule has 146 valence electrons. The molecule has 0 fully saturated rings. The summed E-state index contributed by atoms with van der Waals surface area (Å²) in [6.07, 6.45) is 0. The van der Waals surface area contributed by atoms with Crippen molar-refractivity contribution in [2.24, 2.45) is 0 Å². The zero-order valence-electron chi connectivity index (χ0n) is 14.6. The summed E-state index contributed by atoms with van der Waals surface area (Å²) in [5, 5.41) is -0.362. The van der Waals surface area contributed by atoms with E-state index >= 15 is 0 Å². The van der Waals surface area contributed by atoms with Gasteiger partial charge in [-0.15, -0.1) is 0 Å². The highest BCUT2D eigenvalue weighted by Crippen LogP contribution is 2.35. The molecule has 0 spiro atoms. The van der Waals surface area contributed by atoms with Gasteiger partial charge in [-0.2, -0.15) is 0 Å². The number of halogens is 4. The van der Waals surface area contributed by atoms with Crippen molar-refractivity contribution >= 4 is 27.3 Å². The minimum Gasteiger partial charge on any atom is -0.259 e. The van der Waals surface area contributed by atoms with E-state index in [0.29, 0.717) is 0 Å². The van der Waals surface area contributed by atoms with E-state index in [1.807, 2.05) is 0 Å². The second-order valence-electron chi connectivity index (χ2n) is 6.05. The predicted molar refractivity (Wildman–Crippen MR) is 102 cm³/mol. The van der Waals surface area contributed by atoms with Crippen LogP contribution < -0.4 is 4.31 Å². The highest BCUT2D eigenvalue weighted by Gasteiger charge is 2.32. The van der Waals surface area contributed by atoms with Crippen LogP contribution >= 0.6 is 11.6 Å². The largest absolute Gasteiger partial charge is 0.264 e. The normalized spacial score (nSPS) is 12.6.